The Bertz CT molecular complexity index is 410. The third-order valence-corrected chi connectivity index (χ3v) is 19.1. The molecule has 0 aromatic rings. The SMILES string of the molecule is [CH3][Zr+2]([C]1=CC=CC1)([C]1=CC=CC1)[CH]1CCCCC1.[Cl-].[Cl-]. The quantitative estimate of drug-likeness (QED) is 0.617. The van der Waals surface area contributed by atoms with Crippen molar-refractivity contribution in [3.63, 3.8) is 0 Å². The Morgan fingerprint density at radius 2 is 1.35 bits per heavy atom. The number of allylic oxidation sites excluding steroid dienone is 8. The fourth-order valence-corrected chi connectivity index (χ4v) is 16.3. The normalized spacial score (nSPS) is 21.2. The Morgan fingerprint density at radius 3 is 1.75 bits per heavy atom. The number of hydrogen-bond acceptors (Lipinski definition) is 0. The monoisotopic (exact) mass is 388 g/mol. The van der Waals surface area contributed by atoms with E-state index in [9.17, 15) is 0 Å². The summed E-state index contributed by atoms with van der Waals surface area (Å²) >= 11 is -2.26. The second-order valence-corrected chi connectivity index (χ2v) is 17.3. The van der Waals surface area contributed by atoms with Crippen LogP contribution in [0.4, 0.5) is 0 Å². The second kappa shape index (κ2) is 8.16. The van der Waals surface area contributed by atoms with Gasteiger partial charge in [-0.05, 0) is 0 Å². The summed E-state index contributed by atoms with van der Waals surface area (Å²) in [5, 5.41) is 0. The minimum Gasteiger partial charge on any atom is -1.00 e. The van der Waals surface area contributed by atoms with Gasteiger partial charge in [0.1, 0.15) is 0 Å². The molecule has 3 rings (SSSR count). The molecule has 3 aliphatic carbocycles. The van der Waals surface area contributed by atoms with Crippen LogP contribution in [0.5, 0.6) is 0 Å². The van der Waals surface area contributed by atoms with Crippen molar-refractivity contribution < 1.29 is 45.1 Å². The third kappa shape index (κ3) is 3.42. The summed E-state index contributed by atoms with van der Waals surface area (Å²) in [4.78, 5) is 0. The molecule has 0 saturated heterocycles. The van der Waals surface area contributed by atoms with Gasteiger partial charge in [0.05, 0.1) is 0 Å². The van der Waals surface area contributed by atoms with Crippen LogP contribution in [0.25, 0.3) is 0 Å². The number of hydrogen-bond donors (Lipinski definition) is 0. The van der Waals surface area contributed by atoms with Crippen molar-refractivity contribution >= 4 is 0 Å². The molecule has 0 bridgehead atoms. The third-order valence-electron chi connectivity index (χ3n) is 5.30. The van der Waals surface area contributed by atoms with Gasteiger partial charge in [-0.2, -0.15) is 0 Å². The Kier molecular flexibility index (Phi) is 7.54. The van der Waals surface area contributed by atoms with Crippen molar-refractivity contribution in [1.29, 1.82) is 0 Å². The maximum Gasteiger partial charge on any atom is -1.00 e. The van der Waals surface area contributed by atoms with E-state index >= 15 is 0 Å². The van der Waals surface area contributed by atoms with E-state index in [2.05, 4.69) is 41.1 Å². The van der Waals surface area contributed by atoms with Crippen LogP contribution >= 0.6 is 0 Å². The molecule has 0 atom stereocenters. The van der Waals surface area contributed by atoms with Gasteiger partial charge in [0, 0.05) is 0 Å². The molecular weight excluding hydrogens is 366 g/mol. The Morgan fingerprint density at radius 1 is 0.850 bits per heavy atom. The van der Waals surface area contributed by atoms with Gasteiger partial charge < -0.3 is 24.8 Å². The Hall–Kier alpha value is 0.423. The summed E-state index contributed by atoms with van der Waals surface area (Å²) in [6.45, 7) is 0. The van der Waals surface area contributed by atoms with Crippen molar-refractivity contribution in [2.24, 2.45) is 0 Å². The minimum absolute atomic E-state index is 0. The molecule has 0 aromatic heterocycles. The first-order valence-corrected chi connectivity index (χ1v) is 13.9. The fourth-order valence-electron chi connectivity index (χ4n) is 4.08. The summed E-state index contributed by atoms with van der Waals surface area (Å²) in [5.74, 6) is 0. The summed E-state index contributed by atoms with van der Waals surface area (Å²) in [5.41, 5.74) is 0. The van der Waals surface area contributed by atoms with Crippen LogP contribution in [-0.2, 0) is 20.3 Å². The molecule has 0 N–H and O–H groups in total. The molecule has 3 aliphatic rings. The average Bonchev–Trinajstić information content (AvgIpc) is 3.12. The zero-order valence-corrected chi connectivity index (χ0v) is 16.2. The first-order valence-electron chi connectivity index (χ1n) is 7.54. The van der Waals surface area contributed by atoms with Gasteiger partial charge in [-0.1, -0.05) is 0 Å². The van der Waals surface area contributed by atoms with Crippen LogP contribution < -0.4 is 24.8 Å². The second-order valence-electron chi connectivity index (χ2n) is 6.19. The molecule has 0 aromatic carbocycles. The van der Waals surface area contributed by atoms with E-state index in [-0.39, 0.29) is 24.8 Å². The van der Waals surface area contributed by atoms with Gasteiger partial charge in [-0.25, -0.2) is 0 Å². The number of rotatable bonds is 3. The van der Waals surface area contributed by atoms with Crippen molar-refractivity contribution in [2.75, 3.05) is 0 Å². The zero-order chi connectivity index (χ0) is 12.4. The van der Waals surface area contributed by atoms with Gasteiger partial charge in [0.15, 0.2) is 0 Å². The maximum atomic E-state index is 2.72. The predicted octanol–water partition coefficient (Wildman–Crippen LogP) is -0.363. The molecule has 1 saturated carbocycles. The van der Waals surface area contributed by atoms with E-state index in [4.69, 9.17) is 0 Å². The van der Waals surface area contributed by atoms with Crippen molar-refractivity contribution in [3.05, 3.63) is 43.0 Å². The van der Waals surface area contributed by atoms with Gasteiger partial charge in [-0.15, -0.1) is 0 Å². The molecule has 0 spiro atoms. The van der Waals surface area contributed by atoms with Crippen LogP contribution in [0.15, 0.2) is 43.0 Å². The average molecular weight is 391 g/mol. The molecule has 3 heteroatoms. The van der Waals surface area contributed by atoms with Gasteiger partial charge in [0.2, 0.25) is 0 Å². The molecule has 0 nitrogen and oxygen atoms in total. The van der Waals surface area contributed by atoms with Crippen molar-refractivity contribution in [1.82, 2.24) is 0 Å². The van der Waals surface area contributed by atoms with Crippen LogP contribution in [-0.4, -0.2) is 0 Å². The van der Waals surface area contributed by atoms with E-state index in [1.165, 1.54) is 44.9 Å². The summed E-state index contributed by atoms with van der Waals surface area (Å²) < 4.78 is 7.53. The van der Waals surface area contributed by atoms with E-state index < -0.39 is 20.3 Å². The van der Waals surface area contributed by atoms with Crippen molar-refractivity contribution in [2.45, 2.75) is 53.2 Å². The molecule has 20 heavy (non-hydrogen) atoms. The van der Waals surface area contributed by atoms with E-state index in [1.54, 1.807) is 0 Å². The zero-order valence-electron chi connectivity index (χ0n) is 12.2. The molecule has 0 unspecified atom stereocenters. The van der Waals surface area contributed by atoms with Crippen LogP contribution in [0.2, 0.25) is 8.26 Å². The van der Waals surface area contributed by atoms with Crippen LogP contribution in [0.1, 0.15) is 44.9 Å². The smallest absolute Gasteiger partial charge is 1.00 e. The minimum atomic E-state index is -2.26. The van der Waals surface area contributed by atoms with Crippen LogP contribution in [0.3, 0.4) is 0 Å². The van der Waals surface area contributed by atoms with Gasteiger partial charge >= 0.3 is 116 Å². The Labute approximate surface area is 140 Å². The molecular formula is C17H24Cl2Zr. The predicted molar refractivity (Wildman–Crippen MR) is 76.4 cm³/mol. The van der Waals surface area contributed by atoms with E-state index in [0.29, 0.717) is 0 Å². The molecule has 0 radical (unpaired) electrons. The molecule has 1 fully saturated rings. The summed E-state index contributed by atoms with van der Waals surface area (Å²) in [6, 6.07) is 0. The van der Waals surface area contributed by atoms with Gasteiger partial charge in [-0.3, -0.25) is 0 Å². The molecule has 0 aliphatic heterocycles. The first-order chi connectivity index (χ1) is 8.82. The van der Waals surface area contributed by atoms with Crippen molar-refractivity contribution in [3.8, 4) is 0 Å². The molecule has 110 valence electrons. The maximum absolute atomic E-state index is 2.72. The van der Waals surface area contributed by atoms with Crippen LogP contribution in [0, 0.1) is 0 Å². The fraction of sp³-hybridized carbons (Fsp3) is 0.529. The number of halogens is 2. The Balaban J connectivity index is 0.000001000. The van der Waals surface area contributed by atoms with E-state index in [1.807, 2.05) is 6.56 Å². The topological polar surface area (TPSA) is 0 Å². The summed E-state index contributed by atoms with van der Waals surface area (Å²) in [7, 11) is 0. The summed E-state index contributed by atoms with van der Waals surface area (Å²) in [6.07, 6.45) is 24.3. The largest absolute Gasteiger partial charge is 1.00 e. The molecule has 0 heterocycles. The first kappa shape index (κ1) is 18.5. The standard InChI is InChI=1S/C6H11.2C5H5.CH3.2ClH.Zr/c1-2-4-6-5-3-1;2*1-2-4-5-3-1;;;;/h1H,2-6H2;2*1-3H,4H2;1H3;2*1H;/q;;;;;;+2/p-2. The van der Waals surface area contributed by atoms with E-state index in [0.717, 1.165) is 3.63 Å². The molecule has 0 amide bonds. The van der Waals surface area contributed by atoms with Gasteiger partial charge in [0.25, 0.3) is 0 Å².